The van der Waals surface area contributed by atoms with Gasteiger partial charge in [0.05, 0.1) is 4.90 Å². The maximum atomic E-state index is 13.2. The van der Waals surface area contributed by atoms with Gasteiger partial charge in [-0.05, 0) is 61.2 Å². The summed E-state index contributed by atoms with van der Waals surface area (Å²) in [4.78, 5) is 41.2. The lowest BCUT2D eigenvalue weighted by molar-refractivity contribution is -0.144. The van der Waals surface area contributed by atoms with Gasteiger partial charge in [-0.25, -0.2) is 8.42 Å². The van der Waals surface area contributed by atoms with E-state index >= 15 is 0 Å². The molecule has 0 aliphatic carbocycles. The molecule has 2 fully saturated rings. The van der Waals surface area contributed by atoms with Gasteiger partial charge < -0.3 is 15.1 Å². The minimum absolute atomic E-state index is 0.0533. The topological polar surface area (TPSA) is 116 Å². The normalized spacial score (nSPS) is 21.6. The number of sulfonamides is 1. The Morgan fingerprint density at radius 2 is 1.83 bits per heavy atom. The Kier molecular flexibility index (Phi) is 7.87. The second kappa shape index (κ2) is 10.7. The number of piperidine rings is 1. The van der Waals surface area contributed by atoms with E-state index in [-0.39, 0.29) is 35.7 Å². The molecular formula is C25H31ClN4O5S. The molecule has 2 saturated heterocycles. The zero-order chi connectivity index (χ0) is 26.0. The highest BCUT2D eigenvalue weighted by molar-refractivity contribution is 7.89. The number of fused-ring (bicyclic) bond motifs is 1. The molecule has 0 radical (unpaired) electrons. The van der Waals surface area contributed by atoms with Crippen molar-refractivity contribution in [3.63, 3.8) is 0 Å². The predicted octanol–water partition coefficient (Wildman–Crippen LogP) is 2.28. The molecule has 9 nitrogen and oxygen atoms in total. The van der Waals surface area contributed by atoms with Crippen molar-refractivity contribution in [1.82, 2.24) is 19.8 Å². The average Bonchev–Trinajstić information content (AvgIpc) is 3.21. The number of hydrogen-bond acceptors (Lipinski definition) is 5. The Bertz CT molecular complexity index is 1280. The Balaban J connectivity index is 1.40. The van der Waals surface area contributed by atoms with Gasteiger partial charge in [-0.2, -0.15) is 4.72 Å². The van der Waals surface area contributed by atoms with Crippen molar-refractivity contribution < 1.29 is 22.8 Å². The SMILES string of the molecule is CCC(=O)NC1CCCN(C(=O)C(C)N2CCC(NS(=O)(=O)c3ccc4cc(Cl)ccc4c3)C2=O)C1. The quantitative estimate of drug-likeness (QED) is 0.565. The number of rotatable bonds is 7. The van der Waals surface area contributed by atoms with Crippen LogP contribution < -0.4 is 10.0 Å². The van der Waals surface area contributed by atoms with Crippen molar-refractivity contribution in [2.24, 2.45) is 0 Å². The van der Waals surface area contributed by atoms with Crippen LogP contribution in [0.2, 0.25) is 5.02 Å². The van der Waals surface area contributed by atoms with Gasteiger partial charge in [-0.15, -0.1) is 0 Å². The van der Waals surface area contributed by atoms with Crippen LogP contribution in [0, 0.1) is 0 Å². The molecule has 2 aromatic carbocycles. The van der Waals surface area contributed by atoms with E-state index in [4.69, 9.17) is 11.6 Å². The molecule has 2 heterocycles. The first kappa shape index (κ1) is 26.4. The zero-order valence-corrected chi connectivity index (χ0v) is 21.9. The number of nitrogens with one attached hydrogen (secondary N) is 2. The number of amides is 3. The van der Waals surface area contributed by atoms with Gasteiger partial charge in [0.1, 0.15) is 12.1 Å². The summed E-state index contributed by atoms with van der Waals surface area (Å²) < 4.78 is 28.6. The number of halogens is 1. The maximum Gasteiger partial charge on any atom is 0.245 e. The summed E-state index contributed by atoms with van der Waals surface area (Å²) in [5.74, 6) is -0.669. The Hall–Kier alpha value is -2.69. The number of nitrogens with zero attached hydrogens (tertiary/aromatic N) is 2. The van der Waals surface area contributed by atoms with Gasteiger partial charge in [0.25, 0.3) is 0 Å². The zero-order valence-electron chi connectivity index (χ0n) is 20.4. The van der Waals surface area contributed by atoms with Crippen LogP contribution in [0.4, 0.5) is 0 Å². The molecule has 0 aromatic heterocycles. The van der Waals surface area contributed by atoms with Crippen molar-refractivity contribution in [2.75, 3.05) is 19.6 Å². The van der Waals surface area contributed by atoms with E-state index in [9.17, 15) is 22.8 Å². The lowest BCUT2D eigenvalue weighted by Crippen LogP contribution is -2.55. The van der Waals surface area contributed by atoms with Crippen LogP contribution in [0.1, 0.15) is 39.5 Å². The summed E-state index contributed by atoms with van der Waals surface area (Å²) in [5, 5.41) is 5.02. The minimum Gasteiger partial charge on any atom is -0.352 e. The summed E-state index contributed by atoms with van der Waals surface area (Å²) in [7, 11) is -3.96. The van der Waals surface area contributed by atoms with Crippen LogP contribution in [0.3, 0.4) is 0 Å². The third-order valence-electron chi connectivity index (χ3n) is 6.87. The van der Waals surface area contributed by atoms with E-state index in [1.54, 1.807) is 49.1 Å². The molecule has 36 heavy (non-hydrogen) atoms. The smallest absolute Gasteiger partial charge is 0.245 e. The monoisotopic (exact) mass is 534 g/mol. The van der Waals surface area contributed by atoms with Crippen molar-refractivity contribution in [1.29, 1.82) is 0 Å². The van der Waals surface area contributed by atoms with E-state index in [1.807, 2.05) is 0 Å². The lowest BCUT2D eigenvalue weighted by atomic mass is 10.0. The van der Waals surface area contributed by atoms with E-state index < -0.39 is 28.0 Å². The summed E-state index contributed by atoms with van der Waals surface area (Å²) in [6.07, 6.45) is 2.22. The van der Waals surface area contributed by atoms with Gasteiger partial charge in [0.2, 0.25) is 27.7 Å². The van der Waals surface area contributed by atoms with Crippen molar-refractivity contribution >= 4 is 50.1 Å². The summed E-state index contributed by atoms with van der Waals surface area (Å²) >= 11 is 6.01. The second-order valence-electron chi connectivity index (χ2n) is 9.37. The Labute approximate surface area is 216 Å². The second-order valence-corrected chi connectivity index (χ2v) is 11.5. The molecule has 2 aromatic rings. The molecule has 2 aliphatic rings. The highest BCUT2D eigenvalue weighted by Crippen LogP contribution is 2.24. The lowest BCUT2D eigenvalue weighted by Gasteiger charge is -2.36. The molecule has 11 heteroatoms. The molecule has 0 bridgehead atoms. The van der Waals surface area contributed by atoms with E-state index in [2.05, 4.69) is 10.0 Å². The molecule has 194 valence electrons. The van der Waals surface area contributed by atoms with E-state index in [1.165, 1.54) is 11.0 Å². The molecule has 3 atom stereocenters. The molecular weight excluding hydrogens is 504 g/mol. The minimum atomic E-state index is -3.96. The third-order valence-corrected chi connectivity index (χ3v) is 8.57. The molecule has 2 aliphatic heterocycles. The van der Waals surface area contributed by atoms with Crippen molar-refractivity contribution in [2.45, 2.75) is 62.6 Å². The van der Waals surface area contributed by atoms with Crippen molar-refractivity contribution in [3.8, 4) is 0 Å². The van der Waals surface area contributed by atoms with E-state index in [0.29, 0.717) is 24.5 Å². The molecule has 4 rings (SSSR count). The van der Waals surface area contributed by atoms with Gasteiger partial charge in [-0.1, -0.05) is 30.7 Å². The highest BCUT2D eigenvalue weighted by Gasteiger charge is 2.40. The number of likely N-dealkylation sites (tertiary alicyclic amines) is 2. The number of carbonyl (C=O) groups excluding carboxylic acids is 3. The fourth-order valence-electron chi connectivity index (χ4n) is 4.84. The molecule has 0 saturated carbocycles. The average molecular weight is 535 g/mol. The summed E-state index contributed by atoms with van der Waals surface area (Å²) in [5.41, 5.74) is 0. The van der Waals surface area contributed by atoms with Gasteiger partial charge in [-0.3, -0.25) is 14.4 Å². The molecule has 0 spiro atoms. The highest BCUT2D eigenvalue weighted by atomic mass is 35.5. The van der Waals surface area contributed by atoms with Gasteiger partial charge in [0.15, 0.2) is 0 Å². The van der Waals surface area contributed by atoms with Gasteiger partial charge >= 0.3 is 0 Å². The predicted molar refractivity (Wildman–Crippen MR) is 137 cm³/mol. The van der Waals surface area contributed by atoms with Crippen LogP contribution in [0.25, 0.3) is 10.8 Å². The molecule has 2 N–H and O–H groups in total. The third kappa shape index (κ3) is 5.66. The fraction of sp³-hybridized carbons (Fsp3) is 0.480. The largest absolute Gasteiger partial charge is 0.352 e. The van der Waals surface area contributed by atoms with Crippen LogP contribution in [0.15, 0.2) is 41.3 Å². The summed E-state index contributed by atoms with van der Waals surface area (Å²) in [6.45, 7) is 4.69. The van der Waals surface area contributed by atoms with Crippen LogP contribution in [0.5, 0.6) is 0 Å². The Morgan fingerprint density at radius 3 is 2.58 bits per heavy atom. The van der Waals surface area contributed by atoms with E-state index in [0.717, 1.165) is 23.6 Å². The number of benzene rings is 2. The number of carbonyl (C=O) groups is 3. The Morgan fingerprint density at radius 1 is 1.11 bits per heavy atom. The number of hydrogen-bond donors (Lipinski definition) is 2. The fourth-order valence-corrected chi connectivity index (χ4v) is 6.27. The maximum absolute atomic E-state index is 13.2. The first-order chi connectivity index (χ1) is 17.1. The standard InChI is InChI=1S/C25H31ClN4O5S/c1-3-23(31)27-20-5-4-11-29(15-20)24(32)16(2)30-12-10-22(25(30)33)28-36(34,35)21-9-7-17-13-19(26)8-6-18(17)14-21/h6-9,13-14,16,20,22,28H,3-5,10-12,15H2,1-2H3,(H,27,31). The van der Waals surface area contributed by atoms with Crippen LogP contribution in [-0.2, 0) is 24.4 Å². The van der Waals surface area contributed by atoms with Crippen LogP contribution in [-0.4, -0.2) is 73.7 Å². The van der Waals surface area contributed by atoms with Crippen molar-refractivity contribution in [3.05, 3.63) is 41.4 Å². The first-order valence-corrected chi connectivity index (χ1v) is 14.1. The molecule has 3 amide bonds. The molecule has 3 unspecified atom stereocenters. The first-order valence-electron chi connectivity index (χ1n) is 12.2. The van der Waals surface area contributed by atoms with Gasteiger partial charge in [0, 0.05) is 37.1 Å². The summed E-state index contributed by atoms with van der Waals surface area (Å²) in [6, 6.07) is 8.11. The van der Waals surface area contributed by atoms with Crippen LogP contribution >= 0.6 is 11.6 Å².